The average molecular weight is 600 g/mol. The molecule has 220 valence electrons. The second-order valence-electron chi connectivity index (χ2n) is 11.8. The van der Waals surface area contributed by atoms with E-state index in [4.69, 9.17) is 9.97 Å². The molecule has 0 amide bonds. The first-order chi connectivity index (χ1) is 23.3. The molecule has 0 aliphatic carbocycles. The van der Waals surface area contributed by atoms with Gasteiger partial charge in [0.05, 0.1) is 11.4 Å². The van der Waals surface area contributed by atoms with Crippen LogP contribution in [0.3, 0.4) is 0 Å². The van der Waals surface area contributed by atoms with Crippen molar-refractivity contribution in [3.8, 4) is 22.5 Å². The summed E-state index contributed by atoms with van der Waals surface area (Å²) in [5.41, 5.74) is 5.90. The third-order valence-corrected chi connectivity index (χ3v) is 9.03. The summed E-state index contributed by atoms with van der Waals surface area (Å²) in [6.45, 7) is 0. The highest BCUT2D eigenvalue weighted by Crippen LogP contribution is 2.41. The Kier molecular flexibility index (Phi) is 6.46. The van der Waals surface area contributed by atoms with E-state index in [2.05, 4.69) is 169 Å². The molecule has 0 saturated carbocycles. The summed E-state index contributed by atoms with van der Waals surface area (Å²) >= 11 is 0. The van der Waals surface area contributed by atoms with Gasteiger partial charge in [0, 0.05) is 22.5 Å². The van der Waals surface area contributed by atoms with Crippen LogP contribution in [0.5, 0.6) is 0 Å². The standard InChI is InChI=1S/C44H29N3/c1-3-17-32(18-4-1)47(33-19-5-2-6-20-33)44-45-42(40-27-30-15-7-9-21-34(30)36-23-11-13-25-38(36)40)29-43(46-44)41-28-31-16-8-10-22-35(31)37-24-12-14-26-39(37)41/h1-29H. The fourth-order valence-corrected chi connectivity index (χ4v) is 6.88. The van der Waals surface area contributed by atoms with Gasteiger partial charge in [-0.25, -0.2) is 9.97 Å². The smallest absolute Gasteiger partial charge is 0.235 e. The van der Waals surface area contributed by atoms with Crippen LogP contribution in [0.1, 0.15) is 0 Å². The Bertz CT molecular complexity index is 2400. The van der Waals surface area contributed by atoms with Crippen molar-refractivity contribution in [3.05, 3.63) is 176 Å². The summed E-state index contributed by atoms with van der Waals surface area (Å²) in [6, 6.07) is 62.0. The SMILES string of the molecule is c1ccc(N(c2ccccc2)c2nc(-c3cc4ccccc4c4ccccc34)cc(-c3cc4ccccc4c4ccccc34)n2)cc1. The van der Waals surface area contributed by atoms with Crippen molar-refractivity contribution in [1.29, 1.82) is 0 Å². The number of hydrogen-bond donors (Lipinski definition) is 0. The van der Waals surface area contributed by atoms with Crippen LogP contribution in [-0.2, 0) is 0 Å². The number of rotatable bonds is 5. The molecular weight excluding hydrogens is 571 g/mol. The summed E-state index contributed by atoms with van der Waals surface area (Å²) in [5, 5.41) is 9.58. The Morgan fingerprint density at radius 2 is 0.681 bits per heavy atom. The van der Waals surface area contributed by atoms with Crippen molar-refractivity contribution in [2.75, 3.05) is 4.90 Å². The Morgan fingerprint density at radius 3 is 1.13 bits per heavy atom. The third kappa shape index (κ3) is 4.68. The first-order valence-corrected chi connectivity index (χ1v) is 15.9. The molecule has 0 aliphatic heterocycles. The molecule has 0 bridgehead atoms. The second-order valence-corrected chi connectivity index (χ2v) is 11.8. The molecule has 3 nitrogen and oxygen atoms in total. The van der Waals surface area contributed by atoms with E-state index >= 15 is 0 Å². The van der Waals surface area contributed by atoms with Crippen LogP contribution in [0.4, 0.5) is 17.3 Å². The predicted molar refractivity (Wildman–Crippen MR) is 198 cm³/mol. The lowest BCUT2D eigenvalue weighted by molar-refractivity contribution is 1.09. The fourth-order valence-electron chi connectivity index (χ4n) is 6.88. The minimum atomic E-state index is 0.615. The maximum absolute atomic E-state index is 5.40. The van der Waals surface area contributed by atoms with Crippen LogP contribution < -0.4 is 4.90 Å². The molecule has 0 aliphatic rings. The fraction of sp³-hybridized carbons (Fsp3) is 0. The molecule has 0 unspecified atom stereocenters. The molecule has 0 fully saturated rings. The van der Waals surface area contributed by atoms with E-state index in [0.717, 1.165) is 44.7 Å². The quantitative estimate of drug-likeness (QED) is 0.184. The maximum atomic E-state index is 5.40. The maximum Gasteiger partial charge on any atom is 0.235 e. The van der Waals surface area contributed by atoms with Gasteiger partial charge in [0.15, 0.2) is 0 Å². The topological polar surface area (TPSA) is 29.0 Å². The molecule has 0 spiro atoms. The number of anilines is 3. The van der Waals surface area contributed by atoms with Crippen molar-refractivity contribution < 1.29 is 0 Å². The highest BCUT2D eigenvalue weighted by molar-refractivity contribution is 6.15. The zero-order valence-corrected chi connectivity index (χ0v) is 25.6. The Morgan fingerprint density at radius 1 is 0.319 bits per heavy atom. The number of benzene rings is 8. The Labute approximate surface area is 273 Å². The zero-order valence-electron chi connectivity index (χ0n) is 25.6. The normalized spacial score (nSPS) is 11.4. The van der Waals surface area contributed by atoms with Gasteiger partial charge in [0.1, 0.15) is 0 Å². The molecule has 0 N–H and O–H groups in total. The van der Waals surface area contributed by atoms with Gasteiger partial charge in [-0.15, -0.1) is 0 Å². The summed E-state index contributed by atoms with van der Waals surface area (Å²) in [7, 11) is 0. The lowest BCUT2D eigenvalue weighted by Gasteiger charge is -2.24. The lowest BCUT2D eigenvalue weighted by Crippen LogP contribution is -2.14. The minimum Gasteiger partial charge on any atom is -0.279 e. The van der Waals surface area contributed by atoms with Crippen LogP contribution in [0, 0.1) is 0 Å². The number of fused-ring (bicyclic) bond motifs is 6. The average Bonchev–Trinajstić information content (AvgIpc) is 3.15. The molecule has 0 saturated heterocycles. The van der Waals surface area contributed by atoms with Crippen molar-refractivity contribution in [2.24, 2.45) is 0 Å². The van der Waals surface area contributed by atoms with E-state index in [1.165, 1.54) is 32.3 Å². The third-order valence-electron chi connectivity index (χ3n) is 9.03. The highest BCUT2D eigenvalue weighted by Gasteiger charge is 2.21. The van der Waals surface area contributed by atoms with Crippen molar-refractivity contribution in [1.82, 2.24) is 9.97 Å². The second kappa shape index (κ2) is 11.2. The van der Waals surface area contributed by atoms with Crippen LogP contribution in [0.2, 0.25) is 0 Å². The zero-order chi connectivity index (χ0) is 31.2. The van der Waals surface area contributed by atoms with Crippen molar-refractivity contribution >= 4 is 60.4 Å². The van der Waals surface area contributed by atoms with E-state index in [1.807, 2.05) is 12.1 Å². The molecule has 0 radical (unpaired) electrons. The van der Waals surface area contributed by atoms with Crippen LogP contribution in [-0.4, -0.2) is 9.97 Å². The van der Waals surface area contributed by atoms with Gasteiger partial charge >= 0.3 is 0 Å². The van der Waals surface area contributed by atoms with Gasteiger partial charge in [0.25, 0.3) is 0 Å². The number of hydrogen-bond acceptors (Lipinski definition) is 3. The van der Waals surface area contributed by atoms with Crippen molar-refractivity contribution in [3.63, 3.8) is 0 Å². The number of nitrogens with zero attached hydrogens (tertiary/aromatic N) is 3. The molecule has 8 aromatic carbocycles. The van der Waals surface area contributed by atoms with Gasteiger partial charge in [0.2, 0.25) is 5.95 Å². The Hall–Kier alpha value is -6.32. The van der Waals surface area contributed by atoms with Crippen LogP contribution in [0.15, 0.2) is 176 Å². The van der Waals surface area contributed by atoms with Gasteiger partial charge in [-0.2, -0.15) is 0 Å². The van der Waals surface area contributed by atoms with Crippen LogP contribution >= 0.6 is 0 Å². The first kappa shape index (κ1) is 27.0. The molecule has 3 heteroatoms. The molecule has 0 atom stereocenters. The minimum absolute atomic E-state index is 0.615. The van der Waals surface area contributed by atoms with E-state index in [1.54, 1.807) is 0 Å². The van der Waals surface area contributed by atoms with Crippen molar-refractivity contribution in [2.45, 2.75) is 0 Å². The van der Waals surface area contributed by atoms with E-state index in [0.29, 0.717) is 5.95 Å². The van der Waals surface area contributed by atoms with Gasteiger partial charge in [-0.3, -0.25) is 4.90 Å². The van der Waals surface area contributed by atoms with E-state index in [-0.39, 0.29) is 0 Å². The first-order valence-electron chi connectivity index (χ1n) is 15.9. The van der Waals surface area contributed by atoms with Gasteiger partial charge in [-0.05, 0) is 85.6 Å². The van der Waals surface area contributed by atoms with E-state index in [9.17, 15) is 0 Å². The van der Waals surface area contributed by atoms with Crippen LogP contribution in [0.25, 0.3) is 65.6 Å². The van der Waals surface area contributed by atoms with Gasteiger partial charge < -0.3 is 0 Å². The summed E-state index contributed by atoms with van der Waals surface area (Å²) < 4.78 is 0. The molecule has 1 heterocycles. The molecule has 47 heavy (non-hydrogen) atoms. The largest absolute Gasteiger partial charge is 0.279 e. The summed E-state index contributed by atoms with van der Waals surface area (Å²) in [4.78, 5) is 12.9. The highest BCUT2D eigenvalue weighted by atomic mass is 15.3. The monoisotopic (exact) mass is 599 g/mol. The molecule has 9 aromatic rings. The molecular formula is C44H29N3. The summed E-state index contributed by atoms with van der Waals surface area (Å²) in [6.07, 6.45) is 0. The Balaban J connectivity index is 1.39. The lowest BCUT2D eigenvalue weighted by atomic mass is 9.93. The number of aromatic nitrogens is 2. The predicted octanol–water partition coefficient (Wildman–Crippen LogP) is 11.9. The van der Waals surface area contributed by atoms with E-state index < -0.39 is 0 Å². The summed E-state index contributed by atoms with van der Waals surface area (Å²) in [5.74, 6) is 0.615. The van der Waals surface area contributed by atoms with Gasteiger partial charge in [-0.1, -0.05) is 133 Å². The molecule has 1 aromatic heterocycles. The number of para-hydroxylation sites is 2. The molecule has 9 rings (SSSR count).